The van der Waals surface area contributed by atoms with Crippen LogP contribution in [-0.2, 0) is 4.74 Å². The van der Waals surface area contributed by atoms with Gasteiger partial charge in [-0.1, -0.05) is 12.1 Å². The second-order valence-corrected chi connectivity index (χ2v) is 8.52. The van der Waals surface area contributed by atoms with Gasteiger partial charge >= 0.3 is 6.09 Å². The van der Waals surface area contributed by atoms with Crippen molar-refractivity contribution in [3.05, 3.63) is 29.8 Å². The van der Waals surface area contributed by atoms with Crippen LogP contribution in [0.25, 0.3) is 0 Å². The topological polar surface area (TPSA) is 63.7 Å². The van der Waals surface area contributed by atoms with E-state index < -0.39 is 0 Å². The maximum atomic E-state index is 11.9. The molecular weight excluding hydrogens is 531 g/mol. The van der Waals surface area contributed by atoms with Gasteiger partial charge in [0.05, 0.1) is 6.61 Å². The third-order valence-corrected chi connectivity index (χ3v) is 6.24. The third-order valence-electron chi connectivity index (χ3n) is 6.24. The van der Waals surface area contributed by atoms with E-state index in [1.165, 1.54) is 17.7 Å². The van der Waals surface area contributed by atoms with Crippen LogP contribution in [0.15, 0.2) is 29.3 Å². The van der Waals surface area contributed by atoms with Crippen LogP contribution in [0.5, 0.6) is 0 Å². The van der Waals surface area contributed by atoms with Gasteiger partial charge in [0.1, 0.15) is 0 Å². The van der Waals surface area contributed by atoms with Crippen molar-refractivity contribution in [2.45, 2.75) is 26.7 Å². The Balaban J connectivity index is 0.00000385. The molecule has 8 nitrogen and oxygen atoms in total. The van der Waals surface area contributed by atoms with Gasteiger partial charge < -0.3 is 24.8 Å². The number of anilines is 1. The summed E-state index contributed by atoms with van der Waals surface area (Å²) in [5.74, 6) is 0.931. The highest BCUT2D eigenvalue weighted by Crippen LogP contribution is 2.18. The zero-order chi connectivity index (χ0) is 22.8. The maximum Gasteiger partial charge on any atom is 0.409 e. The lowest BCUT2D eigenvalue weighted by molar-refractivity contribution is 0.0914. The molecule has 0 aliphatic carbocycles. The van der Waals surface area contributed by atoms with E-state index in [1.54, 1.807) is 4.90 Å². The monoisotopic (exact) mass is 572 g/mol. The predicted octanol–water partition coefficient (Wildman–Crippen LogP) is 2.86. The number of hydrogen-bond acceptors (Lipinski definition) is 5. The second kappa shape index (κ2) is 14.5. The Bertz CT molecular complexity index is 746. The lowest BCUT2D eigenvalue weighted by Crippen LogP contribution is -2.54. The van der Waals surface area contributed by atoms with Gasteiger partial charge in [-0.15, -0.1) is 24.0 Å². The van der Waals surface area contributed by atoms with E-state index in [1.807, 2.05) is 14.0 Å². The van der Waals surface area contributed by atoms with Crippen molar-refractivity contribution in [3.63, 3.8) is 0 Å². The van der Waals surface area contributed by atoms with Crippen molar-refractivity contribution in [2.24, 2.45) is 4.99 Å². The number of guanidine groups is 1. The molecule has 186 valence electrons. The molecule has 0 saturated carbocycles. The highest BCUT2D eigenvalue weighted by atomic mass is 127. The fourth-order valence-corrected chi connectivity index (χ4v) is 4.36. The minimum atomic E-state index is -0.213. The molecule has 2 heterocycles. The normalized spacial score (nSPS) is 17.5. The molecule has 9 heteroatoms. The van der Waals surface area contributed by atoms with E-state index in [2.05, 4.69) is 56.2 Å². The summed E-state index contributed by atoms with van der Waals surface area (Å²) in [7, 11) is 1.83. The van der Waals surface area contributed by atoms with Crippen molar-refractivity contribution in [1.29, 1.82) is 0 Å². The predicted molar refractivity (Wildman–Crippen MR) is 146 cm³/mol. The fraction of sp³-hybridized carbons (Fsp3) is 0.667. The minimum absolute atomic E-state index is 0. The molecule has 0 radical (unpaired) electrons. The molecule has 33 heavy (non-hydrogen) atoms. The van der Waals surface area contributed by atoms with Crippen molar-refractivity contribution in [2.75, 3.05) is 84.0 Å². The van der Waals surface area contributed by atoms with Crippen LogP contribution in [-0.4, -0.2) is 106 Å². The average Bonchev–Trinajstić information content (AvgIpc) is 2.82. The first-order valence-electron chi connectivity index (χ1n) is 12.0. The van der Waals surface area contributed by atoms with Crippen molar-refractivity contribution in [1.82, 2.24) is 20.0 Å². The summed E-state index contributed by atoms with van der Waals surface area (Å²) in [6.07, 6.45) is 2.10. The van der Waals surface area contributed by atoms with Crippen LogP contribution >= 0.6 is 24.0 Å². The number of carbonyl (C=O) groups excluding carboxylic acids is 1. The van der Waals surface area contributed by atoms with E-state index >= 15 is 0 Å². The average molecular weight is 573 g/mol. The summed E-state index contributed by atoms with van der Waals surface area (Å²) in [6.45, 7) is 13.9. The number of ether oxygens (including phenoxy) is 1. The first-order valence-corrected chi connectivity index (χ1v) is 12.0. The van der Waals surface area contributed by atoms with Gasteiger partial charge in [0, 0.05) is 71.6 Å². The molecule has 1 N–H and O–H groups in total. The highest BCUT2D eigenvalue weighted by Gasteiger charge is 2.23. The number of halogens is 1. The number of aryl methyl sites for hydroxylation is 1. The summed E-state index contributed by atoms with van der Waals surface area (Å²) < 4.78 is 5.09. The third kappa shape index (κ3) is 8.51. The van der Waals surface area contributed by atoms with Crippen LogP contribution in [0.4, 0.5) is 10.5 Å². The second-order valence-electron chi connectivity index (χ2n) is 8.52. The summed E-state index contributed by atoms with van der Waals surface area (Å²) in [4.78, 5) is 25.4. The molecule has 1 aromatic carbocycles. The Morgan fingerprint density at radius 2 is 1.73 bits per heavy atom. The maximum absolute atomic E-state index is 11.9. The van der Waals surface area contributed by atoms with Gasteiger partial charge in [-0.25, -0.2) is 4.79 Å². The Morgan fingerprint density at radius 3 is 2.36 bits per heavy atom. The van der Waals surface area contributed by atoms with Crippen molar-refractivity contribution >= 4 is 41.7 Å². The molecule has 0 aromatic heterocycles. The summed E-state index contributed by atoms with van der Waals surface area (Å²) in [5, 5.41) is 3.49. The van der Waals surface area contributed by atoms with Gasteiger partial charge in [-0.2, -0.15) is 0 Å². The number of aliphatic imine (C=N–C) groups is 1. The van der Waals surface area contributed by atoms with Gasteiger partial charge in [0.15, 0.2) is 5.96 Å². The Labute approximate surface area is 216 Å². The molecule has 2 aliphatic rings. The number of unbranched alkanes of at least 4 members (excludes halogenated alkanes) is 1. The van der Waals surface area contributed by atoms with Crippen molar-refractivity contribution in [3.8, 4) is 0 Å². The molecule has 0 atom stereocenters. The van der Waals surface area contributed by atoms with Gasteiger partial charge in [-0.05, 0) is 50.9 Å². The molecule has 0 bridgehead atoms. The zero-order valence-electron chi connectivity index (χ0n) is 20.5. The number of nitrogens with zero attached hydrogens (tertiary/aromatic N) is 5. The quantitative estimate of drug-likeness (QED) is 0.235. The molecule has 1 amide bonds. The summed E-state index contributed by atoms with van der Waals surface area (Å²) >= 11 is 0. The fourth-order valence-electron chi connectivity index (χ4n) is 4.36. The Kier molecular flexibility index (Phi) is 12.1. The molecule has 2 saturated heterocycles. The molecule has 2 fully saturated rings. The van der Waals surface area contributed by atoms with Crippen LogP contribution in [0, 0.1) is 6.92 Å². The van der Waals surface area contributed by atoms with E-state index in [4.69, 9.17) is 4.74 Å². The van der Waals surface area contributed by atoms with Gasteiger partial charge in [-0.3, -0.25) is 9.89 Å². The van der Waals surface area contributed by atoms with E-state index in [-0.39, 0.29) is 30.1 Å². The molecular formula is C24H41IN6O2. The largest absolute Gasteiger partial charge is 0.450 e. The number of nitrogens with one attached hydrogen (secondary N) is 1. The standard InChI is InChI=1S/C24H40N6O2.HI/c1-4-32-24(31)30-18-16-29(17-19-30)23(25-3)26-10-5-6-11-27-12-14-28(15-13-27)22-9-7-8-21(2)20-22;/h7-9,20H,4-6,10-19H2,1-3H3,(H,25,26);1H. The van der Waals surface area contributed by atoms with Crippen LogP contribution in [0.1, 0.15) is 25.3 Å². The zero-order valence-corrected chi connectivity index (χ0v) is 22.8. The minimum Gasteiger partial charge on any atom is -0.450 e. The summed E-state index contributed by atoms with van der Waals surface area (Å²) in [5.41, 5.74) is 2.68. The van der Waals surface area contributed by atoms with E-state index in [0.717, 1.165) is 64.7 Å². The number of carbonyl (C=O) groups is 1. The highest BCUT2D eigenvalue weighted by molar-refractivity contribution is 14.0. The summed E-state index contributed by atoms with van der Waals surface area (Å²) in [6, 6.07) is 8.81. The number of benzene rings is 1. The molecule has 3 rings (SSSR count). The van der Waals surface area contributed by atoms with Crippen LogP contribution in [0.3, 0.4) is 0 Å². The molecule has 0 spiro atoms. The van der Waals surface area contributed by atoms with E-state index in [0.29, 0.717) is 19.7 Å². The number of rotatable bonds is 7. The number of amides is 1. The smallest absolute Gasteiger partial charge is 0.409 e. The number of piperazine rings is 2. The SMILES string of the molecule is CCOC(=O)N1CCN(C(=NC)NCCCCN2CCN(c3cccc(C)c3)CC2)CC1.I. The van der Waals surface area contributed by atoms with Gasteiger partial charge in [0.25, 0.3) is 0 Å². The Morgan fingerprint density at radius 1 is 1.03 bits per heavy atom. The van der Waals surface area contributed by atoms with E-state index in [9.17, 15) is 4.79 Å². The molecule has 1 aromatic rings. The van der Waals surface area contributed by atoms with Crippen LogP contribution in [0.2, 0.25) is 0 Å². The first-order chi connectivity index (χ1) is 15.6. The number of hydrogen-bond donors (Lipinski definition) is 1. The molecule has 2 aliphatic heterocycles. The van der Waals surface area contributed by atoms with Gasteiger partial charge in [0.2, 0.25) is 0 Å². The lowest BCUT2D eigenvalue weighted by atomic mass is 10.2. The first kappa shape index (κ1) is 27.5. The molecule has 0 unspecified atom stereocenters. The Hall–Kier alpha value is -1.75. The lowest BCUT2D eigenvalue weighted by Gasteiger charge is -2.36. The van der Waals surface area contributed by atoms with Crippen LogP contribution < -0.4 is 10.2 Å². The van der Waals surface area contributed by atoms with Crippen molar-refractivity contribution < 1.29 is 9.53 Å².